The lowest BCUT2D eigenvalue weighted by Crippen LogP contribution is -2.25. The lowest BCUT2D eigenvalue weighted by molar-refractivity contribution is 0.476. The molecule has 2 heterocycles. The van der Waals surface area contributed by atoms with Crippen LogP contribution in [0.3, 0.4) is 0 Å². The van der Waals surface area contributed by atoms with Gasteiger partial charge in [-0.3, -0.25) is 9.36 Å². The number of rotatable bonds is 2. The van der Waals surface area contributed by atoms with E-state index in [2.05, 4.69) is 9.97 Å². The fourth-order valence-electron chi connectivity index (χ4n) is 2.63. The minimum atomic E-state index is -0.227. The number of nitrogens with zero attached hydrogens (tertiary/aromatic N) is 4. The monoisotopic (exact) mass is 320 g/mol. The van der Waals surface area contributed by atoms with Gasteiger partial charge in [0.1, 0.15) is 23.3 Å². The van der Waals surface area contributed by atoms with Crippen LogP contribution in [-0.2, 0) is 0 Å². The van der Waals surface area contributed by atoms with Crippen LogP contribution in [0.1, 0.15) is 36.8 Å². The summed E-state index contributed by atoms with van der Waals surface area (Å²) in [6.07, 6.45) is 1.51. The number of fused-ring (bicyclic) bond motifs is 1. The lowest BCUT2D eigenvalue weighted by atomic mass is 10.1. The summed E-state index contributed by atoms with van der Waals surface area (Å²) >= 11 is 0. The van der Waals surface area contributed by atoms with Gasteiger partial charge in [-0.15, -0.1) is 0 Å². The number of aromatic nitrogens is 3. The molecule has 0 unspecified atom stereocenters. The molecule has 120 valence electrons. The van der Waals surface area contributed by atoms with Crippen LogP contribution in [0.4, 0.5) is 0 Å². The zero-order valence-corrected chi connectivity index (χ0v) is 13.6. The molecule has 0 spiro atoms. The van der Waals surface area contributed by atoms with Crippen molar-refractivity contribution < 1.29 is 5.11 Å². The van der Waals surface area contributed by atoms with Crippen LogP contribution in [0.5, 0.6) is 5.75 Å². The van der Waals surface area contributed by atoms with E-state index in [1.54, 1.807) is 19.1 Å². The molecule has 24 heavy (non-hydrogen) atoms. The third-order valence-corrected chi connectivity index (χ3v) is 3.82. The quantitative estimate of drug-likeness (QED) is 0.784. The van der Waals surface area contributed by atoms with Crippen molar-refractivity contribution >= 4 is 10.9 Å². The Morgan fingerprint density at radius 2 is 2.04 bits per heavy atom. The molecule has 0 atom stereocenters. The highest BCUT2D eigenvalue weighted by molar-refractivity contribution is 5.79. The first-order valence-corrected chi connectivity index (χ1v) is 7.55. The van der Waals surface area contributed by atoms with E-state index in [1.165, 1.54) is 22.9 Å². The average Bonchev–Trinajstić information content (AvgIpc) is 2.54. The normalized spacial score (nSPS) is 11.0. The van der Waals surface area contributed by atoms with E-state index in [1.807, 2.05) is 19.9 Å². The van der Waals surface area contributed by atoms with E-state index in [9.17, 15) is 9.90 Å². The molecular formula is C18H16N4O2. The molecule has 6 heteroatoms. The van der Waals surface area contributed by atoms with Crippen molar-refractivity contribution in [1.29, 1.82) is 5.26 Å². The Balaban J connectivity index is 2.38. The molecule has 3 rings (SSSR count). The molecule has 0 fully saturated rings. The van der Waals surface area contributed by atoms with Crippen LogP contribution in [0, 0.1) is 18.3 Å². The van der Waals surface area contributed by atoms with Crippen LogP contribution in [0.2, 0.25) is 0 Å². The summed E-state index contributed by atoms with van der Waals surface area (Å²) in [7, 11) is 0. The summed E-state index contributed by atoms with van der Waals surface area (Å²) in [6.45, 7) is 5.66. The standard InChI is InChI=1S/C18H16N4O2/c1-10(2)17-21-15-7-13(23)4-5-14(15)18(24)22(17)12-6-11(3)16(8-19)20-9-12/h4-7,9-10,23H,1-3H3. The van der Waals surface area contributed by atoms with Gasteiger partial charge in [-0.05, 0) is 30.7 Å². The highest BCUT2D eigenvalue weighted by Crippen LogP contribution is 2.22. The van der Waals surface area contributed by atoms with Gasteiger partial charge in [0, 0.05) is 12.0 Å². The molecule has 6 nitrogen and oxygen atoms in total. The van der Waals surface area contributed by atoms with Crippen molar-refractivity contribution in [3.63, 3.8) is 0 Å². The first-order valence-electron chi connectivity index (χ1n) is 7.55. The lowest BCUT2D eigenvalue weighted by Gasteiger charge is -2.16. The summed E-state index contributed by atoms with van der Waals surface area (Å²) in [5.74, 6) is 0.627. The van der Waals surface area contributed by atoms with Gasteiger partial charge in [-0.2, -0.15) is 5.26 Å². The number of aromatic hydroxyl groups is 1. The van der Waals surface area contributed by atoms with Gasteiger partial charge in [0.15, 0.2) is 0 Å². The van der Waals surface area contributed by atoms with E-state index in [0.717, 1.165) is 0 Å². The number of nitriles is 1. The number of pyridine rings is 1. The highest BCUT2D eigenvalue weighted by atomic mass is 16.3. The molecular weight excluding hydrogens is 304 g/mol. The largest absolute Gasteiger partial charge is 0.508 e. The minimum absolute atomic E-state index is 0.0135. The second kappa shape index (κ2) is 5.78. The van der Waals surface area contributed by atoms with E-state index >= 15 is 0 Å². The van der Waals surface area contributed by atoms with Gasteiger partial charge in [-0.25, -0.2) is 9.97 Å². The summed E-state index contributed by atoms with van der Waals surface area (Å²) in [5, 5.41) is 19.1. The summed E-state index contributed by atoms with van der Waals surface area (Å²) in [5.41, 5.74) is 1.83. The number of benzene rings is 1. The van der Waals surface area contributed by atoms with Crippen LogP contribution in [-0.4, -0.2) is 19.6 Å². The molecule has 0 bridgehead atoms. The van der Waals surface area contributed by atoms with Crippen molar-refractivity contribution in [2.75, 3.05) is 0 Å². The van der Waals surface area contributed by atoms with Gasteiger partial charge >= 0.3 is 0 Å². The number of hydrogen-bond acceptors (Lipinski definition) is 5. The Labute approximate surface area is 138 Å². The third kappa shape index (κ3) is 2.50. The van der Waals surface area contributed by atoms with E-state index in [4.69, 9.17) is 5.26 Å². The molecule has 3 aromatic rings. The molecule has 0 saturated heterocycles. The molecule has 0 saturated carbocycles. The van der Waals surface area contributed by atoms with Gasteiger partial charge in [-0.1, -0.05) is 13.8 Å². The van der Waals surface area contributed by atoms with Gasteiger partial charge in [0.05, 0.1) is 22.8 Å². The maximum absolute atomic E-state index is 13.0. The smallest absolute Gasteiger partial charge is 0.266 e. The second-order valence-electron chi connectivity index (χ2n) is 5.94. The molecule has 0 amide bonds. The Hall–Kier alpha value is -3.20. The number of phenolic OH excluding ortho intramolecular Hbond substituents is 1. The van der Waals surface area contributed by atoms with E-state index in [-0.39, 0.29) is 17.2 Å². The average molecular weight is 320 g/mol. The summed E-state index contributed by atoms with van der Waals surface area (Å²) in [6, 6.07) is 8.28. The van der Waals surface area contributed by atoms with Crippen LogP contribution >= 0.6 is 0 Å². The zero-order chi connectivity index (χ0) is 17.4. The zero-order valence-electron chi connectivity index (χ0n) is 13.6. The Morgan fingerprint density at radius 1 is 1.29 bits per heavy atom. The molecule has 0 aliphatic heterocycles. The predicted octanol–water partition coefficient (Wildman–Crippen LogP) is 2.79. The van der Waals surface area contributed by atoms with Crippen molar-refractivity contribution in [2.24, 2.45) is 0 Å². The van der Waals surface area contributed by atoms with Gasteiger partial charge in [0.25, 0.3) is 5.56 Å². The van der Waals surface area contributed by atoms with Crippen molar-refractivity contribution in [3.05, 3.63) is 57.9 Å². The van der Waals surface area contributed by atoms with Crippen LogP contribution in [0.25, 0.3) is 16.6 Å². The van der Waals surface area contributed by atoms with E-state index < -0.39 is 0 Å². The third-order valence-electron chi connectivity index (χ3n) is 3.82. The van der Waals surface area contributed by atoms with Crippen molar-refractivity contribution in [2.45, 2.75) is 26.7 Å². The molecule has 0 aliphatic carbocycles. The first kappa shape index (κ1) is 15.7. The maximum Gasteiger partial charge on any atom is 0.266 e. The Bertz CT molecular complexity index is 1050. The second-order valence-corrected chi connectivity index (χ2v) is 5.94. The molecule has 1 N–H and O–H groups in total. The summed E-state index contributed by atoms with van der Waals surface area (Å²) < 4.78 is 1.52. The Morgan fingerprint density at radius 3 is 2.67 bits per heavy atom. The maximum atomic E-state index is 13.0. The number of aryl methyl sites for hydroxylation is 1. The summed E-state index contributed by atoms with van der Waals surface area (Å²) in [4.78, 5) is 21.7. The van der Waals surface area contributed by atoms with Gasteiger partial charge in [0.2, 0.25) is 0 Å². The molecule has 0 radical (unpaired) electrons. The molecule has 2 aromatic heterocycles. The van der Waals surface area contributed by atoms with Crippen molar-refractivity contribution in [3.8, 4) is 17.5 Å². The van der Waals surface area contributed by atoms with Crippen molar-refractivity contribution in [1.82, 2.24) is 14.5 Å². The first-order chi connectivity index (χ1) is 11.4. The topological polar surface area (TPSA) is 91.8 Å². The number of hydrogen-bond donors (Lipinski definition) is 1. The predicted molar refractivity (Wildman–Crippen MR) is 90.3 cm³/mol. The van der Waals surface area contributed by atoms with Crippen LogP contribution < -0.4 is 5.56 Å². The fourth-order valence-corrected chi connectivity index (χ4v) is 2.63. The fraction of sp³-hybridized carbons (Fsp3) is 0.222. The van der Waals surface area contributed by atoms with Crippen LogP contribution in [0.15, 0.2) is 35.3 Å². The minimum Gasteiger partial charge on any atom is -0.508 e. The Kier molecular flexibility index (Phi) is 3.78. The molecule has 1 aromatic carbocycles. The SMILES string of the molecule is Cc1cc(-n2c(C(C)C)nc3cc(O)ccc3c2=O)cnc1C#N. The highest BCUT2D eigenvalue weighted by Gasteiger charge is 2.16. The van der Waals surface area contributed by atoms with Gasteiger partial charge < -0.3 is 5.11 Å². The molecule has 0 aliphatic rings. The number of phenols is 1. The van der Waals surface area contributed by atoms with E-state index in [0.29, 0.717) is 33.7 Å².